The minimum atomic E-state index is -0.0460. The van der Waals surface area contributed by atoms with E-state index < -0.39 is 0 Å². The smallest absolute Gasteiger partial charge is 0.251 e. The third-order valence-electron chi connectivity index (χ3n) is 5.73. The maximum atomic E-state index is 12.9. The number of nitrogens with one attached hydrogen (secondary N) is 1. The van der Waals surface area contributed by atoms with E-state index >= 15 is 0 Å². The Morgan fingerprint density at radius 2 is 1.74 bits per heavy atom. The van der Waals surface area contributed by atoms with Gasteiger partial charge in [-0.25, -0.2) is 0 Å². The van der Waals surface area contributed by atoms with Gasteiger partial charge in [0.1, 0.15) is 0 Å². The van der Waals surface area contributed by atoms with Crippen molar-refractivity contribution in [2.24, 2.45) is 4.99 Å². The van der Waals surface area contributed by atoms with Crippen LogP contribution in [0, 0.1) is 13.8 Å². The number of carbonyl (C=O) groups excluding carboxylic acids is 1. The Kier molecular flexibility index (Phi) is 6.28. The number of rotatable bonds is 5. The topological polar surface area (TPSA) is 41.5 Å². The van der Waals surface area contributed by atoms with Gasteiger partial charge in [-0.1, -0.05) is 54.2 Å². The third kappa shape index (κ3) is 4.75. The van der Waals surface area contributed by atoms with Crippen LogP contribution in [0.5, 0.6) is 0 Å². The summed E-state index contributed by atoms with van der Waals surface area (Å²) in [6.45, 7) is 8.38. The molecule has 31 heavy (non-hydrogen) atoms. The number of hydrogen-bond donors (Lipinski definition) is 1. The second-order valence-electron chi connectivity index (χ2n) is 8.28. The van der Waals surface area contributed by atoms with Crippen LogP contribution in [0.2, 0.25) is 0 Å². The molecule has 3 aromatic carbocycles. The molecule has 3 nitrogen and oxygen atoms in total. The quantitative estimate of drug-likeness (QED) is 0.494. The summed E-state index contributed by atoms with van der Waals surface area (Å²) in [6.07, 6.45) is 1.85. The van der Waals surface area contributed by atoms with E-state index in [1.54, 1.807) is 11.8 Å². The van der Waals surface area contributed by atoms with E-state index in [-0.39, 0.29) is 11.9 Å². The first-order valence-electron chi connectivity index (χ1n) is 10.7. The van der Waals surface area contributed by atoms with Gasteiger partial charge in [-0.2, -0.15) is 0 Å². The summed E-state index contributed by atoms with van der Waals surface area (Å²) in [5, 5.41) is 3.14. The van der Waals surface area contributed by atoms with E-state index in [0.29, 0.717) is 5.56 Å². The Labute approximate surface area is 189 Å². The fourth-order valence-corrected chi connectivity index (χ4v) is 5.16. The highest BCUT2D eigenvalue weighted by Gasteiger charge is 2.20. The zero-order valence-electron chi connectivity index (χ0n) is 18.5. The molecule has 0 spiro atoms. The highest BCUT2D eigenvalue weighted by atomic mass is 32.2. The van der Waals surface area contributed by atoms with Crippen molar-refractivity contribution in [2.75, 3.05) is 0 Å². The van der Waals surface area contributed by atoms with E-state index in [2.05, 4.69) is 69.4 Å². The molecule has 0 saturated heterocycles. The fraction of sp³-hybridized carbons (Fsp3) is 0.259. The Morgan fingerprint density at radius 1 is 1.00 bits per heavy atom. The monoisotopic (exact) mass is 428 g/mol. The zero-order chi connectivity index (χ0) is 22.0. The fourth-order valence-electron chi connectivity index (χ4n) is 3.95. The van der Waals surface area contributed by atoms with Crippen LogP contribution in [-0.2, 0) is 6.42 Å². The molecule has 0 aliphatic carbocycles. The van der Waals surface area contributed by atoms with E-state index in [0.717, 1.165) is 29.1 Å². The summed E-state index contributed by atoms with van der Waals surface area (Å²) in [4.78, 5) is 20.1. The molecule has 1 unspecified atom stereocenters. The van der Waals surface area contributed by atoms with Crippen molar-refractivity contribution >= 4 is 29.1 Å². The lowest BCUT2D eigenvalue weighted by atomic mass is 10.0. The largest absolute Gasteiger partial charge is 0.350 e. The van der Waals surface area contributed by atoms with Crippen LogP contribution >= 0.6 is 11.8 Å². The molecule has 0 bridgehead atoms. The van der Waals surface area contributed by atoms with Crippen molar-refractivity contribution in [1.29, 1.82) is 0 Å². The first-order chi connectivity index (χ1) is 14.9. The predicted molar refractivity (Wildman–Crippen MR) is 130 cm³/mol. The van der Waals surface area contributed by atoms with Gasteiger partial charge in [0.05, 0.1) is 5.69 Å². The van der Waals surface area contributed by atoms with Gasteiger partial charge in [0.15, 0.2) is 0 Å². The van der Waals surface area contributed by atoms with Crippen molar-refractivity contribution in [1.82, 2.24) is 5.32 Å². The van der Waals surface area contributed by atoms with Crippen molar-refractivity contribution in [3.05, 3.63) is 88.5 Å². The number of nitrogens with zero attached hydrogens (tertiary/aromatic N) is 1. The van der Waals surface area contributed by atoms with E-state index in [1.165, 1.54) is 27.1 Å². The standard InChI is InChI=1S/C27H28N2OS/c1-17-10-11-18(2)26-25(17)20(4)29-23-16-22(14-15-24(23)31-26)27(30)28-19(3)12-13-21-8-6-5-7-9-21/h5-11,14-16,19H,12-13H2,1-4H3,(H,28,30). The predicted octanol–water partition coefficient (Wildman–Crippen LogP) is 6.66. The lowest BCUT2D eigenvalue weighted by Gasteiger charge is -2.15. The summed E-state index contributed by atoms with van der Waals surface area (Å²) < 4.78 is 0. The molecular weight excluding hydrogens is 400 g/mol. The number of aliphatic imine (C=N–C) groups is 1. The molecule has 4 heteroatoms. The molecule has 1 N–H and O–H groups in total. The molecule has 0 radical (unpaired) electrons. The molecule has 1 heterocycles. The van der Waals surface area contributed by atoms with Gasteiger partial charge in [0, 0.05) is 32.7 Å². The summed E-state index contributed by atoms with van der Waals surface area (Å²) >= 11 is 1.74. The third-order valence-corrected chi connectivity index (χ3v) is 7.03. The molecule has 3 aromatic rings. The second kappa shape index (κ2) is 9.11. The first kappa shape index (κ1) is 21.4. The lowest BCUT2D eigenvalue weighted by molar-refractivity contribution is 0.0938. The summed E-state index contributed by atoms with van der Waals surface area (Å²) in [6, 6.07) is 20.6. The van der Waals surface area contributed by atoms with Gasteiger partial charge in [0.25, 0.3) is 5.91 Å². The Hall–Kier alpha value is -2.85. The average Bonchev–Trinajstić information content (AvgIpc) is 2.91. The van der Waals surface area contributed by atoms with Gasteiger partial charge < -0.3 is 5.32 Å². The zero-order valence-corrected chi connectivity index (χ0v) is 19.3. The maximum absolute atomic E-state index is 12.9. The van der Waals surface area contributed by atoms with Crippen molar-refractivity contribution in [3.8, 4) is 0 Å². The van der Waals surface area contributed by atoms with E-state index in [4.69, 9.17) is 4.99 Å². The van der Waals surface area contributed by atoms with Crippen LogP contribution in [0.3, 0.4) is 0 Å². The van der Waals surface area contributed by atoms with Gasteiger partial charge in [-0.05, 0) is 75.4 Å². The molecular formula is C27H28N2OS. The number of fused-ring (bicyclic) bond motifs is 2. The summed E-state index contributed by atoms with van der Waals surface area (Å²) in [7, 11) is 0. The van der Waals surface area contributed by atoms with Crippen LogP contribution < -0.4 is 5.32 Å². The van der Waals surface area contributed by atoms with Gasteiger partial charge >= 0.3 is 0 Å². The Morgan fingerprint density at radius 3 is 2.52 bits per heavy atom. The molecule has 0 saturated carbocycles. The Balaban J connectivity index is 1.51. The second-order valence-corrected chi connectivity index (χ2v) is 9.34. The van der Waals surface area contributed by atoms with Crippen molar-refractivity contribution in [3.63, 3.8) is 0 Å². The number of benzene rings is 3. The number of hydrogen-bond acceptors (Lipinski definition) is 3. The van der Waals surface area contributed by atoms with E-state index in [1.807, 2.05) is 24.3 Å². The number of aryl methyl sites for hydroxylation is 3. The molecule has 1 aliphatic heterocycles. The van der Waals surface area contributed by atoms with Gasteiger partial charge in [0.2, 0.25) is 0 Å². The van der Waals surface area contributed by atoms with Crippen molar-refractivity contribution in [2.45, 2.75) is 56.4 Å². The molecule has 0 aromatic heterocycles. The van der Waals surface area contributed by atoms with Crippen molar-refractivity contribution < 1.29 is 4.79 Å². The van der Waals surface area contributed by atoms with Crippen LogP contribution in [0.1, 0.15) is 52.9 Å². The molecule has 1 amide bonds. The number of amides is 1. The maximum Gasteiger partial charge on any atom is 0.251 e. The summed E-state index contributed by atoms with van der Waals surface area (Å²) in [5.74, 6) is -0.0460. The lowest BCUT2D eigenvalue weighted by Crippen LogP contribution is -2.32. The normalized spacial score (nSPS) is 13.5. The van der Waals surface area contributed by atoms with Crippen LogP contribution in [0.4, 0.5) is 5.69 Å². The summed E-state index contributed by atoms with van der Waals surface area (Å²) in [5.41, 5.74) is 7.50. The Bertz CT molecular complexity index is 1150. The molecule has 4 rings (SSSR count). The van der Waals surface area contributed by atoms with Crippen LogP contribution in [-0.4, -0.2) is 17.7 Å². The van der Waals surface area contributed by atoms with Gasteiger partial charge in [-0.3, -0.25) is 9.79 Å². The minimum Gasteiger partial charge on any atom is -0.350 e. The molecule has 158 valence electrons. The van der Waals surface area contributed by atoms with Crippen LogP contribution in [0.15, 0.2) is 75.4 Å². The minimum absolute atomic E-state index is 0.0460. The molecule has 1 atom stereocenters. The van der Waals surface area contributed by atoms with Gasteiger partial charge in [-0.15, -0.1) is 0 Å². The molecule has 0 fully saturated rings. The van der Waals surface area contributed by atoms with E-state index in [9.17, 15) is 4.79 Å². The number of carbonyl (C=O) groups is 1. The highest BCUT2D eigenvalue weighted by molar-refractivity contribution is 7.99. The SMILES string of the molecule is CC1=Nc2cc(C(=O)NC(C)CCc3ccccc3)ccc2Sc2c(C)ccc(C)c21. The highest BCUT2D eigenvalue weighted by Crippen LogP contribution is 2.43. The first-order valence-corrected chi connectivity index (χ1v) is 11.6. The molecule has 1 aliphatic rings. The average molecular weight is 429 g/mol. The van der Waals surface area contributed by atoms with Crippen LogP contribution in [0.25, 0.3) is 0 Å².